The number of allylic oxidation sites excluding steroid dienone is 2. The molecule has 2 aliphatic heterocycles. The third-order valence-electron chi connectivity index (χ3n) is 12.0. The molecular weight excluding hydrogens is 815 g/mol. The predicted molar refractivity (Wildman–Crippen MR) is 205 cm³/mol. The van der Waals surface area contributed by atoms with Gasteiger partial charge in [-0.15, -0.1) is 13.2 Å². The van der Waals surface area contributed by atoms with E-state index in [4.69, 9.17) is 9.26 Å². The van der Waals surface area contributed by atoms with Gasteiger partial charge >= 0.3 is 6.36 Å². The number of hydrogen-bond acceptors (Lipinski definition) is 11. The molecule has 4 aromatic rings. The number of hydrogen-bond donors (Lipinski definition) is 2. The number of nitrogens with zero attached hydrogens (tertiary/aromatic N) is 3. The van der Waals surface area contributed by atoms with Gasteiger partial charge in [-0.3, -0.25) is 23.9 Å². The number of carbonyl (C=O) groups excluding carboxylic acids is 4. The third kappa shape index (κ3) is 8.27. The smallest absolute Gasteiger partial charge is 0.472 e. The molecule has 19 heteroatoms. The monoisotopic (exact) mass is 855 g/mol. The van der Waals surface area contributed by atoms with Gasteiger partial charge in [0.25, 0.3) is 5.91 Å². The Morgan fingerprint density at radius 3 is 2.53 bits per heavy atom. The van der Waals surface area contributed by atoms with Gasteiger partial charge in [0.1, 0.15) is 23.7 Å². The van der Waals surface area contributed by atoms with E-state index in [9.17, 15) is 45.2 Å². The van der Waals surface area contributed by atoms with Crippen molar-refractivity contribution < 1.29 is 59.2 Å². The molecule has 4 aliphatic rings. The molecule has 0 bridgehead atoms. The summed E-state index contributed by atoms with van der Waals surface area (Å²) in [5, 5.41) is 7.20. The van der Waals surface area contributed by atoms with Crippen LogP contribution in [0.3, 0.4) is 0 Å². The van der Waals surface area contributed by atoms with Crippen molar-refractivity contribution >= 4 is 55.2 Å². The average molecular weight is 856 g/mol. The van der Waals surface area contributed by atoms with Crippen LogP contribution in [-0.2, 0) is 24.4 Å². The van der Waals surface area contributed by atoms with E-state index in [1.54, 1.807) is 6.92 Å². The molecule has 0 unspecified atom stereocenters. The third-order valence-corrected chi connectivity index (χ3v) is 14.2. The van der Waals surface area contributed by atoms with E-state index in [1.165, 1.54) is 35.4 Å². The Labute approximate surface area is 341 Å². The minimum atomic E-state index is -4.99. The second-order valence-electron chi connectivity index (χ2n) is 16.3. The van der Waals surface area contributed by atoms with E-state index in [-0.39, 0.29) is 48.4 Å². The summed E-state index contributed by atoms with van der Waals surface area (Å²) in [6, 6.07) is 6.21. The number of ether oxygens (including phenoxy) is 2. The number of pyridine rings is 1. The van der Waals surface area contributed by atoms with Gasteiger partial charge in [-0.1, -0.05) is 36.2 Å². The summed E-state index contributed by atoms with van der Waals surface area (Å²) in [7, 11) is -4.05. The summed E-state index contributed by atoms with van der Waals surface area (Å²) in [5.74, 6) is -4.70. The number of rotatable bonds is 8. The fraction of sp³-hybridized carbons (Fsp3) is 0.463. The van der Waals surface area contributed by atoms with Gasteiger partial charge < -0.3 is 24.2 Å². The number of fused-ring (bicyclic) bond motifs is 5. The van der Waals surface area contributed by atoms with Crippen molar-refractivity contribution in [1.82, 2.24) is 25.1 Å². The van der Waals surface area contributed by atoms with Gasteiger partial charge in [0, 0.05) is 35.7 Å². The number of benzene rings is 2. The maximum Gasteiger partial charge on any atom is 0.573 e. The first-order valence-corrected chi connectivity index (χ1v) is 21.2. The fourth-order valence-electron chi connectivity index (χ4n) is 8.22. The Hall–Kier alpha value is -5.59. The zero-order valence-electron chi connectivity index (χ0n) is 32.3. The minimum absolute atomic E-state index is 0.0249. The van der Waals surface area contributed by atoms with Crippen LogP contribution in [0.2, 0.25) is 0 Å². The normalized spacial score (nSPS) is 26.3. The average Bonchev–Trinajstić information content (AvgIpc) is 3.93. The maximum atomic E-state index is 14.8. The highest BCUT2D eigenvalue weighted by Crippen LogP contribution is 2.57. The quantitative estimate of drug-likeness (QED) is 0.119. The molecule has 1 saturated heterocycles. The molecule has 0 spiro atoms. The molecule has 4 heterocycles. The lowest BCUT2D eigenvalue weighted by Crippen LogP contribution is -2.52. The summed E-state index contributed by atoms with van der Waals surface area (Å²) in [5.41, 5.74) is -1.39. The fourth-order valence-corrected chi connectivity index (χ4v) is 9.56. The van der Waals surface area contributed by atoms with E-state index >= 15 is 0 Å². The van der Waals surface area contributed by atoms with Crippen molar-refractivity contribution in [2.45, 2.75) is 100 Å². The van der Waals surface area contributed by atoms with Gasteiger partial charge in [-0.05, 0) is 81.0 Å². The number of carbonyl (C=O) groups is 4. The summed E-state index contributed by atoms with van der Waals surface area (Å²) >= 11 is 0. The van der Waals surface area contributed by atoms with E-state index < -0.39 is 92.1 Å². The Morgan fingerprint density at radius 1 is 1.02 bits per heavy atom. The van der Waals surface area contributed by atoms with Gasteiger partial charge in [-0.25, -0.2) is 17.8 Å². The van der Waals surface area contributed by atoms with Crippen LogP contribution < -0.4 is 19.5 Å². The lowest BCUT2D eigenvalue weighted by molar-refractivity contribution is -0.274. The predicted octanol–water partition coefficient (Wildman–Crippen LogP) is 6.04. The maximum absolute atomic E-state index is 14.8. The highest BCUT2D eigenvalue weighted by Gasteiger charge is 2.62. The second-order valence-corrected chi connectivity index (χ2v) is 18.5. The highest BCUT2D eigenvalue weighted by atomic mass is 32.2. The summed E-state index contributed by atoms with van der Waals surface area (Å²) in [6.45, 7) is 1.30. The molecule has 318 valence electrons. The SMILES string of the molecule is CC1(S(=O)(=O)NC(=O)[C@]23CC(=O)[C@@H]4C[C@@H](Oc5nc6cc(OC(F)(F)F)ccc6c6ccc(F)cc56)CN4C(=O)[C@@H](NC(=O)c4ccno4)CCCCC/C=C\[C@@H]2C3)CC1. The number of aromatic nitrogens is 2. The first kappa shape index (κ1) is 41.2. The second kappa shape index (κ2) is 15.5. The lowest BCUT2D eigenvalue weighted by Gasteiger charge is -2.29. The Morgan fingerprint density at radius 2 is 1.80 bits per heavy atom. The number of alkyl halides is 3. The van der Waals surface area contributed by atoms with Gasteiger partial charge in [0.05, 0.1) is 34.5 Å². The molecule has 14 nitrogen and oxygen atoms in total. The zero-order chi connectivity index (χ0) is 42.6. The molecular formula is C41H41F4N5O9S. The number of amides is 3. The first-order chi connectivity index (χ1) is 28.4. The van der Waals surface area contributed by atoms with Crippen LogP contribution >= 0.6 is 0 Å². The number of nitrogens with one attached hydrogen (secondary N) is 2. The van der Waals surface area contributed by atoms with Crippen LogP contribution in [0.4, 0.5) is 17.6 Å². The van der Waals surface area contributed by atoms with Crippen molar-refractivity contribution in [3.63, 3.8) is 0 Å². The van der Waals surface area contributed by atoms with Crippen LogP contribution in [0.25, 0.3) is 21.7 Å². The molecule has 3 amide bonds. The van der Waals surface area contributed by atoms with Crippen molar-refractivity contribution in [2.75, 3.05) is 6.54 Å². The number of ketones is 1. The van der Waals surface area contributed by atoms with Crippen LogP contribution in [0.15, 0.2) is 65.3 Å². The number of Topliss-reactive ketones (excluding diaryl/α,β-unsaturated/α-hetero) is 1. The zero-order valence-corrected chi connectivity index (χ0v) is 33.1. The molecule has 8 rings (SSSR count). The van der Waals surface area contributed by atoms with Gasteiger partial charge in [0.2, 0.25) is 33.5 Å². The van der Waals surface area contributed by atoms with Gasteiger partial charge in [-0.2, -0.15) is 0 Å². The lowest BCUT2D eigenvalue weighted by atomic mass is 9.91. The molecule has 2 saturated carbocycles. The topological polar surface area (TPSA) is 187 Å². The van der Waals surface area contributed by atoms with Crippen molar-refractivity contribution in [3.05, 3.63) is 72.4 Å². The summed E-state index contributed by atoms with van der Waals surface area (Å²) in [4.78, 5) is 62.1. The largest absolute Gasteiger partial charge is 0.573 e. The minimum Gasteiger partial charge on any atom is -0.472 e. The summed E-state index contributed by atoms with van der Waals surface area (Å²) < 4.78 is 97.2. The van der Waals surface area contributed by atoms with Crippen LogP contribution in [0.1, 0.15) is 81.7 Å². The highest BCUT2D eigenvalue weighted by molar-refractivity contribution is 7.91. The van der Waals surface area contributed by atoms with E-state index in [0.717, 1.165) is 18.2 Å². The van der Waals surface area contributed by atoms with E-state index in [1.807, 2.05) is 12.2 Å². The van der Waals surface area contributed by atoms with E-state index in [2.05, 4.69) is 24.9 Å². The summed E-state index contributed by atoms with van der Waals surface area (Å²) in [6.07, 6.45) is 2.12. The first-order valence-electron chi connectivity index (χ1n) is 19.7. The number of halogens is 4. The standard InChI is InChI=1S/C41H41F4N5O9S/c1-39(14-15-39)60(55,56)49-38(54)40-20-23(40)7-5-3-2-4-6-8-30(47-35(52)34-13-16-46-59-34)37(53)50-22-26(19-32(50)33(51)21-40)57-36-29-17-24(42)9-11-27(29)28-12-10-25(18-31(28)48-36)58-41(43,44)45/h5,7,9-13,16-18,23,26,30,32H,2-4,6,8,14-15,19-22H2,1H3,(H,47,52)(H,49,54)/b7-5-/t23-,26-,30+,32+,40-/m1/s1. The molecule has 3 fully saturated rings. The van der Waals surface area contributed by atoms with Crippen molar-refractivity contribution in [2.24, 2.45) is 11.3 Å². The molecule has 2 N–H and O–H groups in total. The van der Waals surface area contributed by atoms with Gasteiger partial charge in [0.15, 0.2) is 5.78 Å². The van der Waals surface area contributed by atoms with Crippen LogP contribution in [-0.4, -0.2) is 82.8 Å². The Balaban J connectivity index is 1.14. The Kier molecular flexibility index (Phi) is 10.6. The van der Waals surface area contributed by atoms with E-state index in [0.29, 0.717) is 49.3 Å². The molecule has 60 heavy (non-hydrogen) atoms. The van der Waals surface area contributed by atoms with Crippen molar-refractivity contribution in [3.8, 4) is 11.6 Å². The molecule has 2 aromatic heterocycles. The number of sulfonamides is 1. The molecule has 0 radical (unpaired) electrons. The van der Waals surface area contributed by atoms with Crippen LogP contribution in [0.5, 0.6) is 11.6 Å². The molecule has 5 atom stereocenters. The molecule has 2 aliphatic carbocycles. The van der Waals surface area contributed by atoms with Crippen LogP contribution in [0, 0.1) is 17.2 Å². The molecule has 2 aromatic carbocycles. The van der Waals surface area contributed by atoms with Crippen molar-refractivity contribution in [1.29, 1.82) is 0 Å². The Bertz CT molecular complexity index is 2510.